The standard InChI is InChI=1S/C25H26N4O4/c1-2-14-8-9-17-16(12-14)25(24(33)27-17)21-20(18(28-25)13-19(26)30)22(31)29(23(21)32)11-10-15-6-4-3-5-7-15/h3-9,12,18,20-21,28H,2,10-11,13H2,1H3,(H2,26,30)(H,27,33)/t18-,20-,21+,25+/m1/s1. The molecule has 5 rings (SSSR count). The van der Waals surface area contributed by atoms with Gasteiger partial charge in [-0.3, -0.25) is 29.4 Å². The third-order valence-corrected chi connectivity index (χ3v) is 7.17. The Morgan fingerprint density at radius 3 is 2.52 bits per heavy atom. The summed E-state index contributed by atoms with van der Waals surface area (Å²) in [4.78, 5) is 53.6. The number of rotatable bonds is 6. The lowest BCUT2D eigenvalue weighted by molar-refractivity contribution is -0.142. The summed E-state index contributed by atoms with van der Waals surface area (Å²) in [5.41, 5.74) is 7.36. The topological polar surface area (TPSA) is 122 Å². The van der Waals surface area contributed by atoms with Gasteiger partial charge in [0.15, 0.2) is 0 Å². The summed E-state index contributed by atoms with van der Waals surface area (Å²) in [6.45, 7) is 2.23. The lowest BCUT2D eigenvalue weighted by Crippen LogP contribution is -2.53. The van der Waals surface area contributed by atoms with Crippen LogP contribution in [0.4, 0.5) is 5.69 Å². The number of nitrogens with two attached hydrogens (primary N) is 1. The molecule has 3 aliphatic heterocycles. The van der Waals surface area contributed by atoms with Crippen molar-refractivity contribution in [2.24, 2.45) is 17.6 Å². The van der Waals surface area contributed by atoms with Gasteiger partial charge in [-0.25, -0.2) is 0 Å². The van der Waals surface area contributed by atoms with Gasteiger partial charge in [0.05, 0.1) is 11.8 Å². The largest absolute Gasteiger partial charge is 0.370 e. The van der Waals surface area contributed by atoms with Crippen molar-refractivity contribution in [3.8, 4) is 0 Å². The molecule has 3 aliphatic rings. The maximum Gasteiger partial charge on any atom is 0.250 e. The highest BCUT2D eigenvalue weighted by atomic mass is 16.2. The molecule has 0 saturated carbocycles. The van der Waals surface area contributed by atoms with Crippen LogP contribution in [0.3, 0.4) is 0 Å². The zero-order valence-corrected chi connectivity index (χ0v) is 18.3. The molecule has 0 radical (unpaired) electrons. The van der Waals surface area contributed by atoms with E-state index in [2.05, 4.69) is 10.6 Å². The maximum absolute atomic E-state index is 13.7. The molecule has 0 aliphatic carbocycles. The van der Waals surface area contributed by atoms with E-state index in [4.69, 9.17) is 5.73 Å². The number of carbonyl (C=O) groups excluding carboxylic acids is 4. The van der Waals surface area contributed by atoms with Crippen molar-refractivity contribution < 1.29 is 19.2 Å². The summed E-state index contributed by atoms with van der Waals surface area (Å²) in [7, 11) is 0. The summed E-state index contributed by atoms with van der Waals surface area (Å²) in [5, 5.41) is 6.11. The van der Waals surface area contributed by atoms with E-state index in [1.165, 1.54) is 4.90 Å². The fraction of sp³-hybridized carbons (Fsp3) is 0.360. The van der Waals surface area contributed by atoms with Gasteiger partial charge in [-0.05, 0) is 30.0 Å². The van der Waals surface area contributed by atoms with Crippen molar-refractivity contribution in [1.82, 2.24) is 10.2 Å². The van der Waals surface area contributed by atoms with Crippen molar-refractivity contribution in [3.63, 3.8) is 0 Å². The molecule has 170 valence electrons. The molecule has 2 aromatic rings. The number of benzene rings is 2. The zero-order valence-electron chi connectivity index (χ0n) is 18.3. The second-order valence-electron chi connectivity index (χ2n) is 8.98. The number of hydrogen-bond acceptors (Lipinski definition) is 5. The van der Waals surface area contributed by atoms with E-state index in [1.54, 1.807) is 0 Å². The lowest BCUT2D eigenvalue weighted by atomic mass is 9.76. The normalized spacial score (nSPS) is 27.7. The van der Waals surface area contributed by atoms with E-state index in [-0.39, 0.29) is 30.7 Å². The molecular formula is C25H26N4O4. The minimum Gasteiger partial charge on any atom is -0.370 e. The van der Waals surface area contributed by atoms with Crippen LogP contribution >= 0.6 is 0 Å². The highest BCUT2D eigenvalue weighted by Gasteiger charge is 2.70. The number of amides is 4. The zero-order chi connectivity index (χ0) is 23.3. The summed E-state index contributed by atoms with van der Waals surface area (Å²) < 4.78 is 0. The first-order valence-corrected chi connectivity index (χ1v) is 11.3. The first kappa shape index (κ1) is 21.3. The van der Waals surface area contributed by atoms with Crippen molar-refractivity contribution in [2.75, 3.05) is 11.9 Å². The van der Waals surface area contributed by atoms with E-state index >= 15 is 0 Å². The SMILES string of the molecule is CCc1ccc2c(c1)[C@@]1(N[C@H](CC(N)=O)[C@H]3C(=O)N(CCc4ccccc4)C(=O)[C@H]31)C(=O)N2. The van der Waals surface area contributed by atoms with Gasteiger partial charge in [-0.15, -0.1) is 0 Å². The van der Waals surface area contributed by atoms with Gasteiger partial charge in [0.2, 0.25) is 23.6 Å². The Labute approximate surface area is 191 Å². The third-order valence-electron chi connectivity index (χ3n) is 7.17. The third kappa shape index (κ3) is 3.16. The van der Waals surface area contributed by atoms with E-state index in [1.807, 2.05) is 55.5 Å². The molecule has 4 atom stereocenters. The van der Waals surface area contributed by atoms with Gasteiger partial charge < -0.3 is 11.1 Å². The summed E-state index contributed by atoms with van der Waals surface area (Å²) in [6.07, 6.45) is 1.14. The Hall–Kier alpha value is -3.52. The molecule has 8 heteroatoms. The number of likely N-dealkylation sites (tertiary alicyclic amines) is 1. The molecule has 0 aromatic heterocycles. The van der Waals surface area contributed by atoms with E-state index in [9.17, 15) is 19.2 Å². The van der Waals surface area contributed by atoms with Crippen molar-refractivity contribution in [3.05, 3.63) is 65.2 Å². The van der Waals surface area contributed by atoms with Crippen LogP contribution in [0.25, 0.3) is 0 Å². The molecule has 4 amide bonds. The van der Waals surface area contributed by atoms with Gasteiger partial charge in [-0.1, -0.05) is 49.4 Å². The predicted molar refractivity (Wildman–Crippen MR) is 121 cm³/mol. The van der Waals surface area contributed by atoms with Crippen LogP contribution < -0.4 is 16.4 Å². The summed E-state index contributed by atoms with van der Waals surface area (Å²) in [5.74, 6) is -3.47. The molecule has 2 saturated heterocycles. The second kappa shape index (κ2) is 7.81. The number of aryl methyl sites for hydroxylation is 1. The molecule has 8 nitrogen and oxygen atoms in total. The number of fused-ring (bicyclic) bond motifs is 4. The number of nitrogens with zero attached hydrogens (tertiary/aromatic N) is 1. The molecule has 2 aromatic carbocycles. The predicted octanol–water partition coefficient (Wildman–Crippen LogP) is 1.09. The Bertz CT molecular complexity index is 1160. The highest BCUT2D eigenvalue weighted by Crippen LogP contribution is 2.53. The fourth-order valence-electron chi connectivity index (χ4n) is 5.63. The Morgan fingerprint density at radius 1 is 1.06 bits per heavy atom. The first-order chi connectivity index (χ1) is 15.9. The average molecular weight is 447 g/mol. The minimum atomic E-state index is -1.40. The van der Waals surface area contributed by atoms with Crippen molar-refractivity contribution in [1.29, 1.82) is 0 Å². The smallest absolute Gasteiger partial charge is 0.250 e. The van der Waals surface area contributed by atoms with Crippen LogP contribution in [-0.4, -0.2) is 41.1 Å². The number of imide groups is 1. The molecular weight excluding hydrogens is 420 g/mol. The highest BCUT2D eigenvalue weighted by molar-refractivity contribution is 6.15. The fourth-order valence-corrected chi connectivity index (χ4v) is 5.63. The lowest BCUT2D eigenvalue weighted by Gasteiger charge is -2.29. The quantitative estimate of drug-likeness (QED) is 0.574. The number of nitrogens with one attached hydrogen (secondary N) is 2. The van der Waals surface area contributed by atoms with Gasteiger partial charge in [0.1, 0.15) is 5.54 Å². The molecule has 33 heavy (non-hydrogen) atoms. The van der Waals surface area contributed by atoms with Gasteiger partial charge in [0, 0.05) is 30.3 Å². The number of hydrogen-bond donors (Lipinski definition) is 3. The van der Waals surface area contributed by atoms with Crippen LogP contribution in [-0.2, 0) is 37.6 Å². The summed E-state index contributed by atoms with van der Waals surface area (Å²) in [6, 6.07) is 14.6. The number of carbonyl (C=O) groups is 4. The summed E-state index contributed by atoms with van der Waals surface area (Å²) >= 11 is 0. The molecule has 1 spiro atoms. The van der Waals surface area contributed by atoms with E-state index in [0.29, 0.717) is 17.7 Å². The van der Waals surface area contributed by atoms with E-state index in [0.717, 1.165) is 17.5 Å². The van der Waals surface area contributed by atoms with Crippen LogP contribution in [0.5, 0.6) is 0 Å². The number of primary amides is 1. The van der Waals surface area contributed by atoms with Gasteiger partial charge in [0.25, 0.3) is 0 Å². The minimum absolute atomic E-state index is 0.134. The molecule has 0 unspecified atom stereocenters. The van der Waals surface area contributed by atoms with Gasteiger partial charge >= 0.3 is 0 Å². The average Bonchev–Trinajstić information content (AvgIpc) is 3.37. The molecule has 3 heterocycles. The number of anilines is 1. The van der Waals surface area contributed by atoms with Crippen molar-refractivity contribution >= 4 is 29.3 Å². The molecule has 2 fully saturated rings. The molecule has 4 N–H and O–H groups in total. The molecule has 0 bridgehead atoms. The van der Waals surface area contributed by atoms with Crippen LogP contribution in [0.15, 0.2) is 48.5 Å². The second-order valence-corrected chi connectivity index (χ2v) is 8.98. The van der Waals surface area contributed by atoms with Crippen LogP contribution in [0, 0.1) is 11.8 Å². The monoisotopic (exact) mass is 446 g/mol. The van der Waals surface area contributed by atoms with Crippen LogP contribution in [0.1, 0.15) is 30.0 Å². The van der Waals surface area contributed by atoms with Crippen molar-refractivity contribution in [2.45, 2.75) is 37.8 Å². The van der Waals surface area contributed by atoms with Crippen LogP contribution in [0.2, 0.25) is 0 Å². The first-order valence-electron chi connectivity index (χ1n) is 11.3. The maximum atomic E-state index is 13.7. The Balaban J connectivity index is 1.56. The van der Waals surface area contributed by atoms with E-state index < -0.39 is 29.3 Å². The van der Waals surface area contributed by atoms with Gasteiger partial charge in [-0.2, -0.15) is 0 Å². The Morgan fingerprint density at radius 2 is 1.82 bits per heavy atom. The Kier molecular flexibility index (Phi) is 5.05.